The van der Waals surface area contributed by atoms with Gasteiger partial charge in [0.05, 0.1) is 12.7 Å². The zero-order chi connectivity index (χ0) is 12.4. The van der Waals surface area contributed by atoms with Gasteiger partial charge in [-0.2, -0.15) is 0 Å². The Balaban J connectivity index is 2.67. The van der Waals surface area contributed by atoms with Gasteiger partial charge in [-0.05, 0) is 24.3 Å². The third-order valence-electron chi connectivity index (χ3n) is 2.42. The Labute approximate surface area is 103 Å². The summed E-state index contributed by atoms with van der Waals surface area (Å²) in [7, 11) is 1.42. The molecule has 17 heavy (non-hydrogen) atoms. The van der Waals surface area contributed by atoms with Gasteiger partial charge in [-0.1, -0.05) is 12.1 Å². The van der Waals surface area contributed by atoms with Crippen LogP contribution in [0, 0.1) is 11.6 Å². The maximum atomic E-state index is 13.8. The smallest absolute Gasteiger partial charge is 0.134 e. The number of hydrogen-bond acceptors (Lipinski definition) is 2. The van der Waals surface area contributed by atoms with Gasteiger partial charge in [-0.3, -0.25) is 0 Å². The van der Waals surface area contributed by atoms with Crippen molar-refractivity contribution in [2.45, 2.75) is 4.90 Å². The van der Waals surface area contributed by atoms with Gasteiger partial charge in [0.2, 0.25) is 0 Å². The first-order chi connectivity index (χ1) is 8.13. The molecule has 0 amide bonds. The molecule has 88 valence electrons. The first kappa shape index (κ1) is 11.9. The molecule has 2 aromatic rings. The second kappa shape index (κ2) is 4.75. The van der Waals surface area contributed by atoms with Crippen molar-refractivity contribution in [3.63, 3.8) is 0 Å². The fraction of sp³-hybridized carbons (Fsp3) is 0.0769. The number of halogens is 2. The molecule has 0 unspecified atom stereocenters. The lowest BCUT2D eigenvalue weighted by Gasteiger charge is -2.10. The van der Waals surface area contributed by atoms with E-state index in [4.69, 9.17) is 4.74 Å². The van der Waals surface area contributed by atoms with Crippen molar-refractivity contribution >= 4 is 12.6 Å². The Hall–Kier alpha value is -1.55. The van der Waals surface area contributed by atoms with Gasteiger partial charge >= 0.3 is 0 Å². The minimum Gasteiger partial charge on any atom is -0.496 e. The molecular formula is C13H10F2OS. The van der Waals surface area contributed by atoms with E-state index in [9.17, 15) is 8.78 Å². The number of ether oxygens (including phenoxy) is 1. The predicted molar refractivity (Wildman–Crippen MR) is 65.6 cm³/mol. The van der Waals surface area contributed by atoms with Gasteiger partial charge in [-0.25, -0.2) is 8.78 Å². The normalized spacial score (nSPS) is 10.4. The summed E-state index contributed by atoms with van der Waals surface area (Å²) in [6.07, 6.45) is 0. The minimum atomic E-state index is -0.527. The molecule has 0 saturated heterocycles. The Morgan fingerprint density at radius 1 is 1.06 bits per heavy atom. The highest BCUT2D eigenvalue weighted by molar-refractivity contribution is 7.80. The second-order valence-electron chi connectivity index (χ2n) is 3.48. The van der Waals surface area contributed by atoms with Gasteiger partial charge in [-0.15, -0.1) is 12.6 Å². The molecule has 0 N–H and O–H groups in total. The lowest BCUT2D eigenvalue weighted by Crippen LogP contribution is -1.94. The van der Waals surface area contributed by atoms with Gasteiger partial charge in [0.1, 0.15) is 17.4 Å². The standard InChI is InChI=1S/C13H10F2OS/c1-16-12-4-2-3-10(14)13(12)9-6-5-8(17)7-11(9)15/h2-7,17H,1H3. The topological polar surface area (TPSA) is 9.23 Å². The Bertz CT molecular complexity index is 555. The Morgan fingerprint density at radius 2 is 1.82 bits per heavy atom. The third kappa shape index (κ3) is 2.26. The van der Waals surface area contributed by atoms with Crippen LogP contribution in [0.4, 0.5) is 8.78 Å². The summed E-state index contributed by atoms with van der Waals surface area (Å²) in [5, 5.41) is 0. The molecule has 0 radical (unpaired) electrons. The number of hydrogen-bond donors (Lipinski definition) is 1. The lowest BCUT2D eigenvalue weighted by atomic mass is 10.0. The highest BCUT2D eigenvalue weighted by Gasteiger charge is 2.15. The summed E-state index contributed by atoms with van der Waals surface area (Å²) >= 11 is 4.02. The van der Waals surface area contributed by atoms with Crippen molar-refractivity contribution < 1.29 is 13.5 Å². The molecule has 0 atom stereocenters. The van der Waals surface area contributed by atoms with Gasteiger partial charge in [0.25, 0.3) is 0 Å². The summed E-state index contributed by atoms with van der Waals surface area (Å²) in [6, 6.07) is 8.71. The van der Waals surface area contributed by atoms with E-state index >= 15 is 0 Å². The van der Waals surface area contributed by atoms with E-state index in [0.29, 0.717) is 10.6 Å². The molecule has 0 aliphatic carbocycles. The number of thiol groups is 1. The first-order valence-corrected chi connectivity index (χ1v) is 5.39. The Kier molecular flexibility index (Phi) is 3.33. The van der Waals surface area contributed by atoms with Crippen molar-refractivity contribution in [3.05, 3.63) is 48.0 Å². The summed E-state index contributed by atoms with van der Waals surface area (Å²) in [4.78, 5) is 0.488. The molecule has 0 aliphatic rings. The summed E-state index contributed by atoms with van der Waals surface area (Å²) in [5.74, 6) is -0.744. The lowest BCUT2D eigenvalue weighted by molar-refractivity contribution is 0.413. The van der Waals surface area contributed by atoms with E-state index in [2.05, 4.69) is 12.6 Å². The van der Waals surface area contributed by atoms with Crippen molar-refractivity contribution in [1.82, 2.24) is 0 Å². The minimum absolute atomic E-state index is 0.126. The molecule has 0 fully saturated rings. The molecule has 2 rings (SSSR count). The van der Waals surface area contributed by atoms with Gasteiger partial charge in [0.15, 0.2) is 0 Å². The molecular weight excluding hydrogens is 242 g/mol. The fourth-order valence-corrected chi connectivity index (χ4v) is 1.83. The number of rotatable bonds is 2. The first-order valence-electron chi connectivity index (χ1n) is 4.95. The van der Waals surface area contributed by atoms with E-state index in [1.165, 1.54) is 31.4 Å². The van der Waals surface area contributed by atoms with Crippen molar-refractivity contribution in [3.8, 4) is 16.9 Å². The van der Waals surface area contributed by atoms with Gasteiger partial charge < -0.3 is 4.74 Å². The van der Waals surface area contributed by atoms with Crippen LogP contribution >= 0.6 is 12.6 Å². The average molecular weight is 252 g/mol. The van der Waals surface area contributed by atoms with Crippen LogP contribution in [0.5, 0.6) is 5.75 Å². The molecule has 0 saturated carbocycles. The van der Waals surface area contributed by atoms with Gasteiger partial charge in [0, 0.05) is 10.5 Å². The highest BCUT2D eigenvalue weighted by Crippen LogP contribution is 2.34. The molecule has 0 heterocycles. The van der Waals surface area contributed by atoms with Crippen LogP contribution < -0.4 is 4.74 Å². The maximum Gasteiger partial charge on any atom is 0.134 e. The highest BCUT2D eigenvalue weighted by atomic mass is 32.1. The summed E-state index contributed by atoms with van der Waals surface area (Å²) in [6.45, 7) is 0. The maximum absolute atomic E-state index is 13.8. The molecule has 1 nitrogen and oxygen atoms in total. The average Bonchev–Trinajstić information content (AvgIpc) is 2.30. The summed E-state index contributed by atoms with van der Waals surface area (Å²) in [5.41, 5.74) is 0.290. The van der Waals surface area contributed by atoms with E-state index in [0.717, 1.165) is 0 Å². The van der Waals surface area contributed by atoms with Crippen LogP contribution in [-0.4, -0.2) is 7.11 Å². The van der Waals surface area contributed by atoms with Crippen molar-refractivity contribution in [2.24, 2.45) is 0 Å². The van der Waals surface area contributed by atoms with Crippen LogP contribution in [0.25, 0.3) is 11.1 Å². The molecule has 0 aromatic heterocycles. The molecule has 0 spiro atoms. The van der Waals surface area contributed by atoms with E-state index in [-0.39, 0.29) is 11.1 Å². The summed E-state index contributed by atoms with van der Waals surface area (Å²) < 4.78 is 32.5. The monoisotopic (exact) mass is 252 g/mol. The zero-order valence-corrected chi connectivity index (χ0v) is 9.97. The Morgan fingerprint density at radius 3 is 2.47 bits per heavy atom. The second-order valence-corrected chi connectivity index (χ2v) is 4.00. The molecule has 0 aliphatic heterocycles. The molecule has 2 aromatic carbocycles. The fourth-order valence-electron chi connectivity index (χ4n) is 1.64. The van der Waals surface area contributed by atoms with Crippen molar-refractivity contribution in [2.75, 3.05) is 7.11 Å². The van der Waals surface area contributed by atoms with Crippen LogP contribution in [0.1, 0.15) is 0 Å². The van der Waals surface area contributed by atoms with Crippen LogP contribution in [-0.2, 0) is 0 Å². The predicted octanol–water partition coefficient (Wildman–Crippen LogP) is 3.93. The van der Waals surface area contributed by atoms with Crippen LogP contribution in [0.2, 0.25) is 0 Å². The van der Waals surface area contributed by atoms with Crippen LogP contribution in [0.15, 0.2) is 41.3 Å². The van der Waals surface area contributed by atoms with Crippen LogP contribution in [0.3, 0.4) is 0 Å². The van der Waals surface area contributed by atoms with E-state index in [1.807, 2.05) is 0 Å². The van der Waals surface area contributed by atoms with E-state index in [1.54, 1.807) is 12.1 Å². The SMILES string of the molecule is COc1cccc(F)c1-c1ccc(S)cc1F. The largest absolute Gasteiger partial charge is 0.496 e. The number of benzene rings is 2. The zero-order valence-electron chi connectivity index (χ0n) is 9.08. The number of methoxy groups -OCH3 is 1. The third-order valence-corrected chi connectivity index (χ3v) is 2.70. The quantitative estimate of drug-likeness (QED) is 0.797. The van der Waals surface area contributed by atoms with E-state index < -0.39 is 11.6 Å². The molecule has 0 bridgehead atoms. The van der Waals surface area contributed by atoms with Crippen molar-refractivity contribution in [1.29, 1.82) is 0 Å². The molecule has 4 heteroatoms.